The predicted octanol–water partition coefficient (Wildman–Crippen LogP) is 3.46. The minimum absolute atomic E-state index is 0.492. The van der Waals surface area contributed by atoms with Gasteiger partial charge in [0.05, 0.1) is 5.56 Å². The van der Waals surface area contributed by atoms with Crippen molar-refractivity contribution in [3.63, 3.8) is 0 Å². The van der Waals surface area contributed by atoms with Gasteiger partial charge in [0.25, 0.3) is 0 Å². The molecule has 2 rings (SSSR count). The first-order valence-corrected chi connectivity index (χ1v) is 5.09. The summed E-state index contributed by atoms with van der Waals surface area (Å²) in [7, 11) is 0. The number of nitrogens with zero attached hydrogens (tertiary/aromatic N) is 2. The van der Waals surface area contributed by atoms with E-state index in [1.807, 2.05) is 6.07 Å². The van der Waals surface area contributed by atoms with Crippen molar-refractivity contribution in [2.24, 2.45) is 0 Å². The van der Waals surface area contributed by atoms with Gasteiger partial charge in [-0.3, -0.25) is 0 Å². The van der Waals surface area contributed by atoms with Crippen LogP contribution in [0.4, 0.5) is 0 Å². The molecule has 0 fully saturated rings. The highest BCUT2D eigenvalue weighted by Gasteiger charge is 2.09. The number of halogens is 2. The van der Waals surface area contributed by atoms with E-state index in [0.29, 0.717) is 16.8 Å². The molecule has 5 heteroatoms. The summed E-state index contributed by atoms with van der Waals surface area (Å²) in [4.78, 5) is 0. The summed E-state index contributed by atoms with van der Waals surface area (Å²) in [5.74, 6) is 1.04. The Morgan fingerprint density at radius 2 is 2.14 bits per heavy atom. The molecule has 0 unspecified atom stereocenters. The molecule has 1 aromatic carbocycles. The summed E-state index contributed by atoms with van der Waals surface area (Å²) in [5, 5.41) is 8.34. The first kappa shape index (κ1) is 9.68. The zero-order valence-electron chi connectivity index (χ0n) is 7.29. The lowest BCUT2D eigenvalue weighted by atomic mass is 10.2. The van der Waals surface area contributed by atoms with Crippen molar-refractivity contribution in [2.75, 3.05) is 0 Å². The number of hydrogen-bond acceptors (Lipinski definition) is 3. The molecule has 0 radical (unpaired) electrons. The summed E-state index contributed by atoms with van der Waals surface area (Å²) < 4.78 is 6.14. The third kappa shape index (κ3) is 1.81. The second-order valence-electron chi connectivity index (χ2n) is 2.75. The predicted molar refractivity (Wildman–Crippen MR) is 57.2 cm³/mol. The third-order valence-corrected chi connectivity index (χ3v) is 2.58. The second-order valence-corrected chi connectivity index (χ2v) is 4.04. The van der Waals surface area contributed by atoms with E-state index in [1.54, 1.807) is 19.1 Å². The van der Waals surface area contributed by atoms with Crippen LogP contribution < -0.4 is 0 Å². The fraction of sp³-hybridized carbons (Fsp3) is 0.111. The molecule has 0 amide bonds. The zero-order valence-corrected chi connectivity index (χ0v) is 9.63. The molecule has 3 nitrogen and oxygen atoms in total. The Morgan fingerprint density at radius 1 is 1.36 bits per heavy atom. The van der Waals surface area contributed by atoms with Crippen LogP contribution in [0.3, 0.4) is 0 Å². The topological polar surface area (TPSA) is 38.9 Å². The van der Waals surface area contributed by atoms with Gasteiger partial charge in [-0.25, -0.2) is 0 Å². The van der Waals surface area contributed by atoms with Crippen LogP contribution in [0, 0.1) is 6.92 Å². The molecule has 1 aromatic heterocycles. The molecule has 0 bridgehead atoms. The van der Waals surface area contributed by atoms with Crippen molar-refractivity contribution in [1.29, 1.82) is 0 Å². The van der Waals surface area contributed by atoms with E-state index in [-0.39, 0.29) is 0 Å². The monoisotopic (exact) mass is 272 g/mol. The van der Waals surface area contributed by atoms with Crippen molar-refractivity contribution in [1.82, 2.24) is 10.2 Å². The van der Waals surface area contributed by atoms with Gasteiger partial charge in [0, 0.05) is 16.4 Å². The van der Waals surface area contributed by atoms with Gasteiger partial charge in [-0.2, -0.15) is 0 Å². The quantitative estimate of drug-likeness (QED) is 0.798. The van der Waals surface area contributed by atoms with Crippen molar-refractivity contribution in [2.45, 2.75) is 6.92 Å². The number of hydrogen-bond donors (Lipinski definition) is 0. The number of aromatic nitrogens is 2. The molecule has 0 atom stereocenters. The van der Waals surface area contributed by atoms with E-state index in [4.69, 9.17) is 16.0 Å². The molecule has 0 aliphatic rings. The molecular formula is C9H6BrClN2O. The van der Waals surface area contributed by atoms with Gasteiger partial charge in [-0.15, -0.1) is 10.2 Å². The van der Waals surface area contributed by atoms with Crippen molar-refractivity contribution in [3.8, 4) is 11.5 Å². The molecule has 1 heterocycles. The first-order chi connectivity index (χ1) is 6.66. The lowest BCUT2D eigenvalue weighted by Gasteiger charge is -1.98. The summed E-state index contributed by atoms with van der Waals surface area (Å²) in [6, 6.07) is 5.40. The Morgan fingerprint density at radius 3 is 2.71 bits per heavy atom. The lowest BCUT2D eigenvalue weighted by molar-refractivity contribution is 0.532. The SMILES string of the molecule is Cc1nnc(-c2ccc(Cl)cc2Br)o1. The smallest absolute Gasteiger partial charge is 0.248 e. The van der Waals surface area contributed by atoms with E-state index in [2.05, 4.69) is 26.1 Å². The summed E-state index contributed by atoms with van der Waals surface area (Å²) >= 11 is 9.19. The Hall–Kier alpha value is -0.870. The van der Waals surface area contributed by atoms with Crippen LogP contribution in [-0.2, 0) is 0 Å². The zero-order chi connectivity index (χ0) is 10.1. The maximum atomic E-state index is 5.81. The molecule has 0 saturated carbocycles. The van der Waals surface area contributed by atoms with Crippen LogP contribution in [0.25, 0.3) is 11.5 Å². The van der Waals surface area contributed by atoms with Gasteiger partial charge in [-0.1, -0.05) is 11.6 Å². The maximum absolute atomic E-state index is 5.81. The summed E-state index contributed by atoms with van der Waals surface area (Å²) in [6.45, 7) is 1.75. The molecular weight excluding hydrogens is 267 g/mol. The standard InChI is InChI=1S/C9H6BrClN2O/c1-5-12-13-9(14-5)7-3-2-6(11)4-8(7)10/h2-4H,1H3. The van der Waals surface area contributed by atoms with Crippen LogP contribution >= 0.6 is 27.5 Å². The number of aryl methyl sites for hydroxylation is 1. The minimum Gasteiger partial charge on any atom is -0.421 e. The Kier molecular flexibility index (Phi) is 2.56. The molecule has 72 valence electrons. The van der Waals surface area contributed by atoms with E-state index in [0.717, 1.165) is 10.0 Å². The molecule has 0 aliphatic carbocycles. The van der Waals surface area contributed by atoms with Crippen LogP contribution in [0.1, 0.15) is 5.89 Å². The average molecular weight is 274 g/mol. The fourth-order valence-electron chi connectivity index (χ4n) is 1.07. The highest BCUT2D eigenvalue weighted by atomic mass is 79.9. The molecule has 0 aliphatic heterocycles. The molecule has 14 heavy (non-hydrogen) atoms. The van der Waals surface area contributed by atoms with Crippen LogP contribution in [0.2, 0.25) is 5.02 Å². The molecule has 0 saturated heterocycles. The van der Waals surface area contributed by atoms with Gasteiger partial charge in [0.15, 0.2) is 0 Å². The fourth-order valence-corrected chi connectivity index (χ4v) is 1.92. The van der Waals surface area contributed by atoms with Gasteiger partial charge in [0.1, 0.15) is 0 Å². The van der Waals surface area contributed by atoms with E-state index in [9.17, 15) is 0 Å². The first-order valence-electron chi connectivity index (χ1n) is 3.92. The van der Waals surface area contributed by atoms with Gasteiger partial charge < -0.3 is 4.42 Å². The van der Waals surface area contributed by atoms with E-state index >= 15 is 0 Å². The van der Waals surface area contributed by atoms with Gasteiger partial charge in [0.2, 0.25) is 11.8 Å². The number of rotatable bonds is 1. The van der Waals surface area contributed by atoms with Gasteiger partial charge in [-0.05, 0) is 34.1 Å². The Balaban J connectivity index is 2.52. The Labute approximate surface area is 94.2 Å². The average Bonchev–Trinajstić information content (AvgIpc) is 2.51. The minimum atomic E-state index is 0.492. The second kappa shape index (κ2) is 3.71. The van der Waals surface area contributed by atoms with Crippen molar-refractivity contribution < 1.29 is 4.42 Å². The summed E-state index contributed by atoms with van der Waals surface area (Å²) in [5.41, 5.74) is 0.843. The molecule has 2 aromatic rings. The lowest BCUT2D eigenvalue weighted by Crippen LogP contribution is -1.79. The van der Waals surface area contributed by atoms with Gasteiger partial charge >= 0.3 is 0 Å². The van der Waals surface area contributed by atoms with Crippen molar-refractivity contribution in [3.05, 3.63) is 33.6 Å². The van der Waals surface area contributed by atoms with E-state index in [1.165, 1.54) is 0 Å². The van der Waals surface area contributed by atoms with Crippen LogP contribution in [0.5, 0.6) is 0 Å². The normalized spacial score (nSPS) is 10.5. The highest BCUT2D eigenvalue weighted by molar-refractivity contribution is 9.10. The van der Waals surface area contributed by atoms with Crippen LogP contribution in [-0.4, -0.2) is 10.2 Å². The highest BCUT2D eigenvalue weighted by Crippen LogP contribution is 2.29. The maximum Gasteiger partial charge on any atom is 0.248 e. The van der Waals surface area contributed by atoms with E-state index < -0.39 is 0 Å². The summed E-state index contributed by atoms with van der Waals surface area (Å²) in [6.07, 6.45) is 0. The molecule has 0 N–H and O–H groups in total. The third-order valence-electron chi connectivity index (χ3n) is 1.69. The Bertz CT molecular complexity index is 470. The van der Waals surface area contributed by atoms with Crippen LogP contribution in [0.15, 0.2) is 27.1 Å². The van der Waals surface area contributed by atoms with Crippen molar-refractivity contribution >= 4 is 27.5 Å². The molecule has 0 spiro atoms. The number of benzene rings is 1. The largest absolute Gasteiger partial charge is 0.421 e.